The number of ether oxygens (including phenoxy) is 24. The molecule has 0 saturated heterocycles. The summed E-state index contributed by atoms with van der Waals surface area (Å²) >= 11 is 4.08. The Morgan fingerprint density at radius 3 is 0.297 bits per heavy atom. The lowest BCUT2D eigenvalue weighted by atomic mass is 10.6. The van der Waals surface area contributed by atoms with E-state index < -0.39 is 0 Å². The van der Waals surface area contributed by atoms with E-state index in [1.165, 1.54) is 0 Å². The zero-order chi connectivity index (χ0) is 52.9. The molecule has 0 saturated carbocycles. The Labute approximate surface area is 448 Å². The quantitative estimate of drug-likeness (QED) is 0.0662. The molecule has 0 spiro atoms. The van der Waals surface area contributed by atoms with Crippen LogP contribution in [0, 0.1) is 0 Å². The lowest BCUT2D eigenvalue weighted by Gasteiger charge is -2.09. The molecule has 0 N–H and O–H groups in total. The molecule has 74 heavy (non-hydrogen) atoms. The molecule has 0 aromatic rings. The predicted octanol–water partition coefficient (Wildman–Crippen LogP) is 0.944. The van der Waals surface area contributed by atoms with Gasteiger partial charge in [0.15, 0.2) is 0 Å². The van der Waals surface area contributed by atoms with E-state index in [0.29, 0.717) is 316 Å². The topological polar surface area (TPSA) is 222 Å². The first kappa shape index (κ1) is 73.4. The lowest BCUT2D eigenvalue weighted by molar-refractivity contribution is -0.0319. The highest BCUT2D eigenvalue weighted by atomic mass is 32.1. The smallest absolute Gasteiger partial charge is 0.0701 e. The second-order valence-electron chi connectivity index (χ2n) is 14.8. The molecule has 0 heterocycles. The first-order valence-electron chi connectivity index (χ1n) is 26.3. The second-order valence-corrected chi connectivity index (χ2v) is 15.2. The third-order valence-electron chi connectivity index (χ3n) is 8.85. The molecule has 25 heteroatoms. The van der Waals surface area contributed by atoms with Gasteiger partial charge in [-0.15, -0.1) is 0 Å². The summed E-state index contributed by atoms with van der Waals surface area (Å²) in [5, 5.41) is 0. The summed E-state index contributed by atoms with van der Waals surface area (Å²) in [5.41, 5.74) is 0. The first-order valence-corrected chi connectivity index (χ1v) is 26.9. The second kappa shape index (κ2) is 72.4. The molecule has 0 amide bonds. The van der Waals surface area contributed by atoms with Crippen LogP contribution < -0.4 is 0 Å². The summed E-state index contributed by atoms with van der Waals surface area (Å²) in [6.45, 7) is 24.0. The minimum Gasteiger partial charge on any atom is -0.382 e. The Hall–Kier alpha value is -0.610. The van der Waals surface area contributed by atoms with E-state index in [2.05, 4.69) is 12.6 Å². The van der Waals surface area contributed by atoms with Crippen LogP contribution in [0.5, 0.6) is 0 Å². The van der Waals surface area contributed by atoms with Crippen LogP contribution in [0.3, 0.4) is 0 Å². The van der Waals surface area contributed by atoms with Crippen molar-refractivity contribution in [2.75, 3.05) is 323 Å². The highest BCUT2D eigenvalue weighted by molar-refractivity contribution is 7.80. The fraction of sp³-hybridized carbons (Fsp3) is 1.00. The van der Waals surface area contributed by atoms with E-state index in [1.807, 2.05) is 0 Å². The molecule has 0 radical (unpaired) electrons. The van der Waals surface area contributed by atoms with Crippen molar-refractivity contribution in [2.45, 2.75) is 0 Å². The third-order valence-corrected chi connectivity index (χ3v) is 9.03. The summed E-state index contributed by atoms with van der Waals surface area (Å²) in [5.74, 6) is 0.713. The maximum absolute atomic E-state index is 5.52. The van der Waals surface area contributed by atoms with E-state index in [9.17, 15) is 0 Å². The third kappa shape index (κ3) is 71.4. The fourth-order valence-electron chi connectivity index (χ4n) is 5.15. The minimum absolute atomic E-state index is 0.488. The summed E-state index contributed by atoms with van der Waals surface area (Å²) < 4.78 is 131. The molecule has 0 bridgehead atoms. The molecule has 0 atom stereocenters. The lowest BCUT2D eigenvalue weighted by Crippen LogP contribution is -2.16. The van der Waals surface area contributed by atoms with Gasteiger partial charge in [0.25, 0.3) is 0 Å². The van der Waals surface area contributed by atoms with Crippen molar-refractivity contribution in [3.8, 4) is 0 Å². The Kier molecular flexibility index (Phi) is 71.8. The van der Waals surface area contributed by atoms with Crippen molar-refractivity contribution in [3.05, 3.63) is 0 Å². The number of thiol groups is 1. The SMILES string of the molecule is COCCOCCOCCOCCOCCOCCOCCOCCOCCOCCOCCOCCOCCOCCOCCOCCOCCOCCOCCOCCOCCOCCOCCOCCS. The van der Waals surface area contributed by atoms with E-state index in [-0.39, 0.29) is 0 Å². The standard InChI is InChI=1S/C49H100O24S/c1-50-2-3-51-4-5-52-6-7-53-8-9-54-10-11-55-12-13-56-14-15-57-16-17-58-18-19-59-20-21-60-22-23-61-24-25-62-26-27-63-28-29-64-30-31-65-32-33-66-34-35-67-36-37-68-38-39-69-40-41-70-42-43-71-44-45-72-46-47-73-48-49-74/h74H,2-49H2,1H3. The largest absolute Gasteiger partial charge is 0.382 e. The van der Waals surface area contributed by atoms with Crippen LogP contribution >= 0.6 is 12.6 Å². The molecule has 0 unspecified atom stereocenters. The molecule has 0 aliphatic heterocycles. The van der Waals surface area contributed by atoms with Crippen LogP contribution in [0.1, 0.15) is 0 Å². The summed E-state index contributed by atoms with van der Waals surface area (Å²) in [7, 11) is 1.64. The molecule has 0 aromatic heterocycles. The average molecular weight is 1110 g/mol. The van der Waals surface area contributed by atoms with Crippen molar-refractivity contribution >= 4 is 12.6 Å². The van der Waals surface area contributed by atoms with Crippen molar-refractivity contribution < 1.29 is 114 Å². The van der Waals surface area contributed by atoms with E-state index in [4.69, 9.17) is 114 Å². The van der Waals surface area contributed by atoms with E-state index in [0.717, 1.165) is 0 Å². The van der Waals surface area contributed by atoms with Crippen LogP contribution in [0.2, 0.25) is 0 Å². The number of hydrogen-bond acceptors (Lipinski definition) is 25. The maximum atomic E-state index is 5.52. The van der Waals surface area contributed by atoms with Gasteiger partial charge in [0.1, 0.15) is 0 Å². The Balaban J connectivity index is 3.07. The van der Waals surface area contributed by atoms with Crippen molar-refractivity contribution in [1.82, 2.24) is 0 Å². The van der Waals surface area contributed by atoms with E-state index >= 15 is 0 Å². The predicted molar refractivity (Wildman–Crippen MR) is 275 cm³/mol. The molecule has 0 rings (SSSR count). The van der Waals surface area contributed by atoms with Crippen molar-refractivity contribution in [1.29, 1.82) is 0 Å². The Morgan fingerprint density at radius 1 is 0.135 bits per heavy atom. The minimum atomic E-state index is 0.488. The van der Waals surface area contributed by atoms with Crippen LogP contribution in [-0.2, 0) is 114 Å². The maximum Gasteiger partial charge on any atom is 0.0701 e. The van der Waals surface area contributed by atoms with Gasteiger partial charge in [0.2, 0.25) is 0 Å². The molecule has 0 aliphatic rings. The Morgan fingerprint density at radius 2 is 0.216 bits per heavy atom. The van der Waals surface area contributed by atoms with Gasteiger partial charge in [-0.2, -0.15) is 12.6 Å². The molecule has 0 aliphatic carbocycles. The molecule has 446 valence electrons. The number of rotatable bonds is 71. The summed E-state index contributed by atoms with van der Waals surface area (Å²) in [4.78, 5) is 0. The van der Waals surface area contributed by atoms with Gasteiger partial charge in [-0.1, -0.05) is 0 Å². The van der Waals surface area contributed by atoms with Gasteiger partial charge < -0.3 is 114 Å². The fourth-order valence-corrected chi connectivity index (χ4v) is 5.28. The van der Waals surface area contributed by atoms with E-state index in [1.54, 1.807) is 7.11 Å². The molecular weight excluding hydrogens is 1000 g/mol. The summed E-state index contributed by atoms with van der Waals surface area (Å²) in [6, 6.07) is 0. The normalized spacial score (nSPS) is 11.8. The first-order chi connectivity index (χ1) is 36.9. The van der Waals surface area contributed by atoms with Gasteiger partial charge in [-0.25, -0.2) is 0 Å². The van der Waals surface area contributed by atoms with Crippen LogP contribution in [-0.4, -0.2) is 323 Å². The molecular formula is C49H100O24S. The van der Waals surface area contributed by atoms with Crippen molar-refractivity contribution in [2.24, 2.45) is 0 Å². The van der Waals surface area contributed by atoms with Crippen LogP contribution in [0.4, 0.5) is 0 Å². The van der Waals surface area contributed by atoms with Gasteiger partial charge in [-0.3, -0.25) is 0 Å². The number of methoxy groups -OCH3 is 1. The van der Waals surface area contributed by atoms with Crippen LogP contribution in [0.25, 0.3) is 0 Å². The van der Waals surface area contributed by atoms with Gasteiger partial charge >= 0.3 is 0 Å². The molecule has 0 aromatic carbocycles. The van der Waals surface area contributed by atoms with Gasteiger partial charge in [0.05, 0.1) is 311 Å². The highest BCUT2D eigenvalue weighted by Crippen LogP contribution is 1.91. The summed E-state index contributed by atoms with van der Waals surface area (Å²) in [6.07, 6.45) is 0. The van der Waals surface area contributed by atoms with Gasteiger partial charge in [0, 0.05) is 12.9 Å². The van der Waals surface area contributed by atoms with Crippen molar-refractivity contribution in [3.63, 3.8) is 0 Å². The van der Waals surface area contributed by atoms with Crippen LogP contribution in [0.15, 0.2) is 0 Å². The van der Waals surface area contributed by atoms with Gasteiger partial charge in [-0.05, 0) is 0 Å². The molecule has 24 nitrogen and oxygen atoms in total. The monoisotopic (exact) mass is 1100 g/mol. The average Bonchev–Trinajstić information content (AvgIpc) is 3.41. The zero-order valence-electron chi connectivity index (χ0n) is 45.2. The zero-order valence-corrected chi connectivity index (χ0v) is 46.1. The highest BCUT2D eigenvalue weighted by Gasteiger charge is 2.00. The number of hydrogen-bond donors (Lipinski definition) is 1. The molecule has 0 fully saturated rings. The Bertz CT molecular complexity index is 891.